The van der Waals surface area contributed by atoms with Crippen molar-refractivity contribution in [3.05, 3.63) is 206 Å². The first-order chi connectivity index (χ1) is 30.9. The maximum absolute atomic E-state index is 10.0. The summed E-state index contributed by atoms with van der Waals surface area (Å²) in [7, 11) is 0. The number of carbonyl (C=O) groups excluding carboxylic acids is 1. The van der Waals surface area contributed by atoms with Crippen molar-refractivity contribution in [2.75, 3.05) is 0 Å². The van der Waals surface area contributed by atoms with Gasteiger partial charge < -0.3 is 15.1 Å². The SMILES string of the molecule is CC(=O)C=C(C)O.[Ir].[c-]1cccc2c1c1ncc(-c3cccc4ccccc34)nc1c1ccccc21.[c-]1cccc2c1c1ncc(-c3cccc4ccccc34)nc1c1ccccc21. The molecule has 1 N–H and O–H groups in total. The molecule has 12 rings (SSSR count). The molecule has 0 saturated carbocycles. The maximum Gasteiger partial charge on any atom is 0.155 e. The summed E-state index contributed by atoms with van der Waals surface area (Å²) in [6.07, 6.45) is 4.94. The summed E-state index contributed by atoms with van der Waals surface area (Å²) in [5, 5.41) is 22.2. The van der Waals surface area contributed by atoms with E-state index in [-0.39, 0.29) is 31.6 Å². The molecule has 6 nitrogen and oxygen atoms in total. The molecule has 0 saturated heterocycles. The first kappa shape index (κ1) is 41.6. The van der Waals surface area contributed by atoms with Gasteiger partial charge in [0.15, 0.2) is 5.78 Å². The summed E-state index contributed by atoms with van der Waals surface area (Å²) in [4.78, 5) is 29.9. The van der Waals surface area contributed by atoms with Gasteiger partial charge in [0.2, 0.25) is 0 Å². The molecule has 0 aliphatic heterocycles. The Morgan fingerprint density at radius 3 is 1.23 bits per heavy atom. The van der Waals surface area contributed by atoms with E-state index >= 15 is 0 Å². The molecule has 0 unspecified atom stereocenters. The summed E-state index contributed by atoms with van der Waals surface area (Å²) in [5.41, 5.74) is 7.65. The number of aromatic nitrogens is 4. The van der Waals surface area contributed by atoms with E-state index in [1.54, 1.807) is 0 Å². The van der Waals surface area contributed by atoms with Gasteiger partial charge in [-0.2, -0.15) is 0 Å². The summed E-state index contributed by atoms with van der Waals surface area (Å²) in [6, 6.07) is 65.2. The monoisotopic (exact) mass is 1000 g/mol. The smallest absolute Gasteiger partial charge is 0.155 e. The summed E-state index contributed by atoms with van der Waals surface area (Å²) in [6.45, 7) is 2.85. The number of benzene rings is 10. The van der Waals surface area contributed by atoms with Crippen molar-refractivity contribution in [2.24, 2.45) is 0 Å². The second-order valence-electron chi connectivity index (χ2n) is 15.4. The number of ketones is 1. The minimum atomic E-state index is -0.125. The Balaban J connectivity index is 0.000000140. The molecule has 2 heterocycles. The Labute approximate surface area is 383 Å². The van der Waals surface area contributed by atoms with Crippen LogP contribution in [0.4, 0.5) is 0 Å². The number of aliphatic hydroxyl groups is 1. The number of hydrogen-bond acceptors (Lipinski definition) is 6. The second-order valence-corrected chi connectivity index (χ2v) is 15.4. The van der Waals surface area contributed by atoms with E-state index in [0.717, 1.165) is 76.9 Å². The zero-order chi connectivity index (χ0) is 42.9. The van der Waals surface area contributed by atoms with Crippen LogP contribution in [0.3, 0.4) is 0 Å². The van der Waals surface area contributed by atoms with Crippen LogP contribution in [0.15, 0.2) is 194 Å². The van der Waals surface area contributed by atoms with Crippen molar-refractivity contribution in [1.82, 2.24) is 19.9 Å². The molecule has 0 aliphatic carbocycles. The van der Waals surface area contributed by atoms with Gasteiger partial charge in [-0.25, -0.2) is 0 Å². The fourth-order valence-corrected chi connectivity index (χ4v) is 8.53. The van der Waals surface area contributed by atoms with Crippen molar-refractivity contribution in [3.63, 3.8) is 0 Å². The van der Waals surface area contributed by atoms with Gasteiger partial charge in [-0.3, -0.25) is 14.8 Å². The summed E-state index contributed by atoms with van der Waals surface area (Å²) in [5.74, 6) is -0.0625. The van der Waals surface area contributed by atoms with Crippen LogP contribution in [-0.2, 0) is 24.9 Å². The average Bonchev–Trinajstić information content (AvgIpc) is 3.33. The quantitative estimate of drug-likeness (QED) is 0.0821. The molecule has 0 atom stereocenters. The van der Waals surface area contributed by atoms with E-state index in [4.69, 9.17) is 25.0 Å². The van der Waals surface area contributed by atoms with E-state index in [9.17, 15) is 4.79 Å². The molecule has 0 spiro atoms. The van der Waals surface area contributed by atoms with E-state index in [0.29, 0.717) is 0 Å². The molecule has 309 valence electrons. The van der Waals surface area contributed by atoms with Crippen molar-refractivity contribution in [3.8, 4) is 22.5 Å². The first-order valence-electron chi connectivity index (χ1n) is 20.7. The molecule has 0 fully saturated rings. The third-order valence-electron chi connectivity index (χ3n) is 11.2. The Morgan fingerprint density at radius 2 is 0.828 bits per heavy atom. The van der Waals surface area contributed by atoms with Crippen LogP contribution in [0.25, 0.3) is 109 Å². The van der Waals surface area contributed by atoms with Crippen LogP contribution in [0.2, 0.25) is 0 Å². The molecule has 0 amide bonds. The largest absolute Gasteiger partial charge is 0.512 e. The number of allylic oxidation sites excluding steroid dienone is 2. The van der Waals surface area contributed by atoms with Gasteiger partial charge in [-0.05, 0) is 46.2 Å². The molecule has 12 aromatic rings. The van der Waals surface area contributed by atoms with Crippen molar-refractivity contribution in [1.29, 1.82) is 0 Å². The number of nitrogens with zero attached hydrogens (tertiary/aromatic N) is 4. The van der Waals surface area contributed by atoms with E-state index < -0.39 is 0 Å². The zero-order valence-corrected chi connectivity index (χ0v) is 37.3. The Bertz CT molecular complexity index is 3450. The molecule has 7 heteroatoms. The standard InChI is InChI=1S/2C26H15N2.C5H8O2.Ir/c2*1-2-10-18-17(8-1)9-7-15-21(18)24-16-27-25-22-13-5-3-11-19(22)20-12-4-6-14-23(20)26(25)28-24;1-4(6)3-5(2)7;/h2*1-12,14-16H;3,6H,1-2H3;/q2*-1;;. The van der Waals surface area contributed by atoms with Gasteiger partial charge in [0, 0.05) is 60.7 Å². The predicted molar refractivity (Wildman–Crippen MR) is 260 cm³/mol. The van der Waals surface area contributed by atoms with Crippen LogP contribution in [-0.4, -0.2) is 30.8 Å². The predicted octanol–water partition coefficient (Wildman–Crippen LogP) is 14.1. The molecule has 0 bridgehead atoms. The molecule has 2 aromatic heterocycles. The fourth-order valence-electron chi connectivity index (χ4n) is 8.53. The maximum atomic E-state index is 10.0. The van der Waals surface area contributed by atoms with Gasteiger partial charge in [-0.1, -0.05) is 155 Å². The third-order valence-corrected chi connectivity index (χ3v) is 11.2. The van der Waals surface area contributed by atoms with Gasteiger partial charge in [0.05, 0.1) is 28.2 Å². The Kier molecular flexibility index (Phi) is 11.7. The van der Waals surface area contributed by atoms with Crippen LogP contribution in [0, 0.1) is 12.1 Å². The second kappa shape index (κ2) is 18.0. The number of rotatable bonds is 3. The van der Waals surface area contributed by atoms with E-state index in [1.165, 1.54) is 52.2 Å². The Morgan fingerprint density at radius 1 is 0.453 bits per heavy atom. The third kappa shape index (κ3) is 7.84. The summed E-state index contributed by atoms with van der Waals surface area (Å²) < 4.78 is 0. The van der Waals surface area contributed by atoms with E-state index in [2.05, 4.69) is 158 Å². The van der Waals surface area contributed by atoms with Crippen LogP contribution in [0.1, 0.15) is 13.8 Å². The van der Waals surface area contributed by atoms with E-state index in [1.807, 2.05) is 36.7 Å². The molecule has 0 aliphatic rings. The molecule has 1 radical (unpaired) electrons. The Hall–Kier alpha value is -7.70. The number of fused-ring (bicyclic) bond motifs is 14. The van der Waals surface area contributed by atoms with Crippen molar-refractivity contribution in [2.45, 2.75) is 13.8 Å². The number of aliphatic hydroxyl groups excluding tert-OH is 1. The fraction of sp³-hybridized carbons (Fsp3) is 0.0351. The molecular formula is C57H38IrN4O2-2. The summed E-state index contributed by atoms with van der Waals surface area (Å²) >= 11 is 0. The first-order valence-corrected chi connectivity index (χ1v) is 20.7. The van der Waals surface area contributed by atoms with Gasteiger partial charge >= 0.3 is 0 Å². The van der Waals surface area contributed by atoms with Gasteiger partial charge in [-0.15, -0.1) is 59.3 Å². The van der Waals surface area contributed by atoms with Gasteiger partial charge in [0.25, 0.3) is 0 Å². The minimum absolute atomic E-state index is 0. The topological polar surface area (TPSA) is 88.9 Å². The van der Waals surface area contributed by atoms with Crippen LogP contribution < -0.4 is 0 Å². The number of hydrogen-bond donors (Lipinski definition) is 1. The molecular weight excluding hydrogens is 965 g/mol. The zero-order valence-electron chi connectivity index (χ0n) is 34.9. The molecule has 64 heavy (non-hydrogen) atoms. The normalized spacial score (nSPS) is 11.4. The van der Waals surface area contributed by atoms with Crippen molar-refractivity contribution >= 4 is 92.5 Å². The van der Waals surface area contributed by atoms with Crippen LogP contribution >= 0.6 is 0 Å². The van der Waals surface area contributed by atoms with Crippen LogP contribution in [0.5, 0.6) is 0 Å². The average molecular weight is 1000 g/mol. The van der Waals surface area contributed by atoms with Gasteiger partial charge in [0.1, 0.15) is 0 Å². The number of carbonyl (C=O) groups is 1. The minimum Gasteiger partial charge on any atom is -0.512 e. The van der Waals surface area contributed by atoms with Crippen molar-refractivity contribution < 1.29 is 30.0 Å². The molecule has 10 aromatic carbocycles.